The quantitative estimate of drug-likeness (QED) is 0.816. The van der Waals surface area contributed by atoms with Crippen molar-refractivity contribution in [2.24, 2.45) is 0 Å². The lowest BCUT2D eigenvalue weighted by molar-refractivity contribution is 0.0729. The van der Waals surface area contributed by atoms with Crippen LogP contribution in [-0.2, 0) is 0 Å². The minimum atomic E-state index is -0.0530. The number of hydrogen-bond donors (Lipinski definition) is 1. The number of aromatic nitrogens is 1. The molecule has 1 fully saturated rings. The third-order valence-electron chi connectivity index (χ3n) is 5.67. The molecule has 4 rings (SSSR count). The molecule has 0 saturated carbocycles. The molecular weight excluding hydrogens is 356 g/mol. The van der Waals surface area contributed by atoms with Crippen molar-refractivity contribution < 1.29 is 19.1 Å². The molecule has 1 aromatic carbocycles. The van der Waals surface area contributed by atoms with Crippen molar-refractivity contribution in [1.29, 1.82) is 0 Å². The Morgan fingerprint density at radius 2 is 1.86 bits per heavy atom. The van der Waals surface area contributed by atoms with Crippen LogP contribution >= 0.6 is 0 Å². The van der Waals surface area contributed by atoms with Crippen LogP contribution in [0.5, 0.6) is 11.5 Å². The predicted molar refractivity (Wildman–Crippen MR) is 105 cm³/mol. The number of Topliss-reactive ketones (excluding diaryl/α,β-unsaturated/α-hetero) is 1. The Hall–Kier alpha value is -2.76. The Labute approximate surface area is 164 Å². The molecule has 3 heterocycles. The van der Waals surface area contributed by atoms with Gasteiger partial charge in [-0.05, 0) is 56.9 Å². The summed E-state index contributed by atoms with van der Waals surface area (Å²) in [5, 5.41) is 0. The Balaban J connectivity index is 1.64. The van der Waals surface area contributed by atoms with E-state index in [2.05, 4.69) is 4.98 Å². The number of fused-ring (bicyclic) bond motifs is 1. The first kappa shape index (κ1) is 18.6. The molecule has 1 saturated heterocycles. The van der Waals surface area contributed by atoms with Gasteiger partial charge >= 0.3 is 0 Å². The molecule has 2 aromatic rings. The van der Waals surface area contributed by atoms with Gasteiger partial charge in [-0.2, -0.15) is 0 Å². The zero-order valence-electron chi connectivity index (χ0n) is 16.6. The highest BCUT2D eigenvalue weighted by atomic mass is 16.5. The molecule has 6 nitrogen and oxygen atoms in total. The van der Waals surface area contributed by atoms with E-state index in [0.717, 1.165) is 47.6 Å². The second-order valence-electron chi connectivity index (χ2n) is 7.59. The van der Waals surface area contributed by atoms with Crippen molar-refractivity contribution in [3.05, 3.63) is 46.3 Å². The average Bonchev–Trinajstić information content (AvgIpc) is 3.18. The van der Waals surface area contributed by atoms with Crippen molar-refractivity contribution in [2.45, 2.75) is 46.1 Å². The third-order valence-corrected chi connectivity index (χ3v) is 5.67. The van der Waals surface area contributed by atoms with Gasteiger partial charge in [0.2, 0.25) is 0 Å². The van der Waals surface area contributed by atoms with E-state index in [9.17, 15) is 9.59 Å². The van der Waals surface area contributed by atoms with Crippen molar-refractivity contribution >= 4 is 11.7 Å². The van der Waals surface area contributed by atoms with Crippen molar-refractivity contribution in [3.8, 4) is 11.5 Å². The van der Waals surface area contributed by atoms with Crippen molar-refractivity contribution in [2.75, 3.05) is 19.8 Å². The van der Waals surface area contributed by atoms with Crippen molar-refractivity contribution in [1.82, 2.24) is 9.88 Å². The number of carbonyl (C=O) groups is 2. The Kier molecular flexibility index (Phi) is 4.87. The zero-order valence-corrected chi connectivity index (χ0v) is 16.6. The molecule has 148 valence electrons. The summed E-state index contributed by atoms with van der Waals surface area (Å²) in [6.45, 7) is 7.21. The topological polar surface area (TPSA) is 71.6 Å². The van der Waals surface area contributed by atoms with Gasteiger partial charge in [0, 0.05) is 24.2 Å². The fourth-order valence-electron chi connectivity index (χ4n) is 4.38. The summed E-state index contributed by atoms with van der Waals surface area (Å²) in [6.07, 6.45) is 2.72. The first-order chi connectivity index (χ1) is 13.5. The molecule has 0 unspecified atom stereocenters. The van der Waals surface area contributed by atoms with Gasteiger partial charge in [0.25, 0.3) is 5.91 Å². The maximum atomic E-state index is 13.3. The largest absolute Gasteiger partial charge is 0.490 e. The Morgan fingerprint density at radius 3 is 2.57 bits per heavy atom. The number of nitrogens with one attached hydrogen (secondary N) is 1. The number of aryl methyl sites for hydroxylation is 1. The van der Waals surface area contributed by atoms with Gasteiger partial charge in [-0.1, -0.05) is 6.07 Å². The summed E-state index contributed by atoms with van der Waals surface area (Å²) in [4.78, 5) is 30.3. The number of rotatable bonds is 3. The summed E-state index contributed by atoms with van der Waals surface area (Å²) in [6, 6.07) is 5.96. The molecule has 6 heteroatoms. The van der Waals surface area contributed by atoms with Crippen LogP contribution in [0.4, 0.5) is 0 Å². The van der Waals surface area contributed by atoms with Crippen LogP contribution in [0.3, 0.4) is 0 Å². The van der Waals surface area contributed by atoms with E-state index in [1.54, 1.807) is 0 Å². The summed E-state index contributed by atoms with van der Waals surface area (Å²) in [5.41, 5.74) is 3.68. The van der Waals surface area contributed by atoms with E-state index in [1.807, 2.05) is 36.9 Å². The number of benzene rings is 1. The van der Waals surface area contributed by atoms with E-state index in [0.29, 0.717) is 31.0 Å². The minimum Gasteiger partial charge on any atom is -0.490 e. The van der Waals surface area contributed by atoms with Gasteiger partial charge in [0.15, 0.2) is 17.3 Å². The normalized spacial score (nSPS) is 18.8. The van der Waals surface area contributed by atoms with Gasteiger partial charge < -0.3 is 19.4 Å². The van der Waals surface area contributed by atoms with E-state index in [4.69, 9.17) is 9.47 Å². The standard InChI is InChI=1S/C22H26N2O4/c1-13-20(15(3)25)14(2)23-21(13)22(26)24-9-4-6-17(24)16-7-8-18-19(12-16)28-11-5-10-27-18/h7-8,12,17,23H,4-6,9-11H2,1-3H3/t17-/m0/s1. The van der Waals surface area contributed by atoms with Gasteiger partial charge in [-0.25, -0.2) is 0 Å². The second kappa shape index (κ2) is 7.34. The summed E-state index contributed by atoms with van der Waals surface area (Å²) in [5.74, 6) is 1.44. The van der Waals surface area contributed by atoms with Crippen LogP contribution in [0, 0.1) is 13.8 Å². The van der Waals surface area contributed by atoms with E-state index < -0.39 is 0 Å². The predicted octanol–water partition coefficient (Wildman–Crippen LogP) is 3.97. The minimum absolute atomic E-state index is 0.00608. The van der Waals surface area contributed by atoms with Gasteiger partial charge in [0.05, 0.1) is 19.3 Å². The Bertz CT molecular complexity index is 931. The Morgan fingerprint density at radius 1 is 1.11 bits per heavy atom. The molecule has 2 aliphatic rings. The van der Waals surface area contributed by atoms with E-state index >= 15 is 0 Å². The molecule has 2 aliphatic heterocycles. The number of hydrogen-bond acceptors (Lipinski definition) is 4. The number of nitrogens with zero attached hydrogens (tertiary/aromatic N) is 1. The summed E-state index contributed by atoms with van der Waals surface area (Å²) >= 11 is 0. The first-order valence-electron chi connectivity index (χ1n) is 9.88. The molecule has 1 atom stereocenters. The number of likely N-dealkylation sites (tertiary alicyclic amines) is 1. The van der Waals surface area contributed by atoms with Gasteiger partial charge in [0.1, 0.15) is 5.69 Å². The monoisotopic (exact) mass is 382 g/mol. The molecule has 1 N–H and O–H groups in total. The molecule has 1 amide bonds. The lowest BCUT2D eigenvalue weighted by atomic mass is 10.0. The average molecular weight is 382 g/mol. The van der Waals surface area contributed by atoms with Gasteiger partial charge in [-0.15, -0.1) is 0 Å². The highest BCUT2D eigenvalue weighted by Gasteiger charge is 2.33. The first-order valence-corrected chi connectivity index (χ1v) is 9.88. The summed E-state index contributed by atoms with van der Waals surface area (Å²) < 4.78 is 11.5. The molecule has 0 bridgehead atoms. The molecule has 0 aliphatic carbocycles. The van der Waals surface area contributed by atoms with Crippen LogP contribution in [-0.4, -0.2) is 41.3 Å². The highest BCUT2D eigenvalue weighted by Crippen LogP contribution is 2.38. The number of carbonyl (C=O) groups excluding carboxylic acids is 2. The summed E-state index contributed by atoms with van der Waals surface area (Å²) in [7, 11) is 0. The van der Waals surface area contributed by atoms with Crippen LogP contribution < -0.4 is 9.47 Å². The lowest BCUT2D eigenvalue weighted by Crippen LogP contribution is -2.31. The number of amides is 1. The molecule has 1 aromatic heterocycles. The smallest absolute Gasteiger partial charge is 0.271 e. The molecular formula is C22H26N2O4. The maximum absolute atomic E-state index is 13.3. The maximum Gasteiger partial charge on any atom is 0.271 e. The molecule has 28 heavy (non-hydrogen) atoms. The number of H-pyrrole nitrogens is 1. The molecule has 0 spiro atoms. The van der Waals surface area contributed by atoms with Crippen molar-refractivity contribution in [3.63, 3.8) is 0 Å². The fourth-order valence-corrected chi connectivity index (χ4v) is 4.38. The second-order valence-corrected chi connectivity index (χ2v) is 7.59. The zero-order chi connectivity index (χ0) is 19.8. The van der Waals surface area contributed by atoms with E-state index in [-0.39, 0.29) is 17.7 Å². The SMILES string of the molecule is CC(=O)c1c(C)[nH]c(C(=O)N2CCC[C@H]2c2ccc3c(c2)OCCCO3)c1C. The van der Waals surface area contributed by atoms with Gasteiger partial charge in [-0.3, -0.25) is 9.59 Å². The van der Waals surface area contributed by atoms with Crippen LogP contribution in [0.25, 0.3) is 0 Å². The van der Waals surface area contributed by atoms with Crippen LogP contribution in [0.2, 0.25) is 0 Å². The number of aromatic amines is 1. The fraction of sp³-hybridized carbons (Fsp3) is 0.455. The van der Waals surface area contributed by atoms with Crippen LogP contribution in [0.1, 0.15) is 69.9 Å². The molecule has 0 radical (unpaired) electrons. The number of ether oxygens (including phenoxy) is 2. The van der Waals surface area contributed by atoms with E-state index in [1.165, 1.54) is 6.92 Å². The lowest BCUT2D eigenvalue weighted by Gasteiger charge is -2.25. The highest BCUT2D eigenvalue weighted by molar-refractivity contribution is 6.02. The van der Waals surface area contributed by atoms with Crippen LogP contribution in [0.15, 0.2) is 18.2 Å². The third kappa shape index (κ3) is 3.17. The number of ketones is 1.